The minimum Gasteiger partial charge on any atom is -0.311 e. The number of nitrogens with one attached hydrogen (secondary N) is 1. The van der Waals surface area contributed by atoms with Crippen molar-refractivity contribution in [2.24, 2.45) is 0 Å². The lowest BCUT2D eigenvalue weighted by atomic mass is 10.1. The molecule has 0 atom stereocenters. The number of benzene rings is 1. The molecule has 0 heterocycles. The maximum absolute atomic E-state index is 12.6. The van der Waals surface area contributed by atoms with Gasteiger partial charge in [-0.3, -0.25) is 0 Å². The molecule has 0 aromatic heterocycles. The van der Waals surface area contributed by atoms with Crippen molar-refractivity contribution in [1.29, 1.82) is 0 Å². The van der Waals surface area contributed by atoms with Crippen molar-refractivity contribution in [1.82, 2.24) is 5.32 Å². The maximum atomic E-state index is 12.6. The van der Waals surface area contributed by atoms with Gasteiger partial charge in [0.15, 0.2) is 0 Å². The van der Waals surface area contributed by atoms with E-state index in [9.17, 15) is 13.2 Å². The summed E-state index contributed by atoms with van der Waals surface area (Å²) in [4.78, 5) is 0. The van der Waals surface area contributed by atoms with Gasteiger partial charge >= 0.3 is 6.18 Å². The highest BCUT2D eigenvalue weighted by Gasteiger charge is 2.30. The molecule has 106 valence electrons. The zero-order chi connectivity index (χ0) is 14.5. The summed E-state index contributed by atoms with van der Waals surface area (Å²) >= 11 is 0. The largest absolute Gasteiger partial charge is 0.416 e. The lowest BCUT2D eigenvalue weighted by molar-refractivity contribution is -0.137. The number of hydrogen-bond donors (Lipinski definition) is 1. The monoisotopic (exact) mass is 271 g/mol. The van der Waals surface area contributed by atoms with Crippen LogP contribution >= 0.6 is 0 Å². The zero-order valence-electron chi connectivity index (χ0n) is 11.5. The first-order chi connectivity index (χ1) is 8.82. The van der Waals surface area contributed by atoms with Crippen LogP contribution in [0.25, 0.3) is 6.08 Å². The summed E-state index contributed by atoms with van der Waals surface area (Å²) < 4.78 is 37.8. The zero-order valence-corrected chi connectivity index (χ0v) is 11.5. The SMILES string of the molecule is CCC(=Cc1cccc(C(F)(F)F)c1)CNC(C)C. The van der Waals surface area contributed by atoms with Crippen LogP contribution in [0.1, 0.15) is 38.3 Å². The van der Waals surface area contributed by atoms with E-state index in [1.165, 1.54) is 12.1 Å². The van der Waals surface area contributed by atoms with Crippen LogP contribution in [0.4, 0.5) is 13.2 Å². The van der Waals surface area contributed by atoms with Crippen molar-refractivity contribution in [3.8, 4) is 0 Å². The summed E-state index contributed by atoms with van der Waals surface area (Å²) in [6.07, 6.45) is -1.65. The topological polar surface area (TPSA) is 12.0 Å². The first-order valence-corrected chi connectivity index (χ1v) is 6.43. The molecular formula is C15H20F3N. The molecule has 1 nitrogen and oxygen atoms in total. The lowest BCUT2D eigenvalue weighted by Crippen LogP contribution is -2.24. The Kier molecular flexibility index (Phi) is 5.60. The van der Waals surface area contributed by atoms with E-state index < -0.39 is 11.7 Å². The second kappa shape index (κ2) is 6.75. The molecule has 1 N–H and O–H groups in total. The fourth-order valence-corrected chi connectivity index (χ4v) is 1.65. The van der Waals surface area contributed by atoms with E-state index in [-0.39, 0.29) is 0 Å². The molecule has 19 heavy (non-hydrogen) atoms. The van der Waals surface area contributed by atoms with Crippen LogP contribution in [0, 0.1) is 0 Å². The minimum atomic E-state index is -4.29. The average Bonchev–Trinajstić information content (AvgIpc) is 2.33. The van der Waals surface area contributed by atoms with Gasteiger partial charge in [0, 0.05) is 12.6 Å². The smallest absolute Gasteiger partial charge is 0.311 e. The molecule has 0 saturated heterocycles. The molecule has 0 fully saturated rings. The molecule has 1 aromatic carbocycles. The molecule has 0 bridgehead atoms. The predicted octanol–water partition coefficient (Wildman–Crippen LogP) is 4.50. The Balaban J connectivity index is 2.89. The van der Waals surface area contributed by atoms with E-state index in [4.69, 9.17) is 0 Å². The highest BCUT2D eigenvalue weighted by Crippen LogP contribution is 2.30. The van der Waals surface area contributed by atoms with Crippen LogP contribution in [-0.2, 0) is 6.18 Å². The molecular weight excluding hydrogens is 251 g/mol. The number of alkyl halides is 3. The third kappa shape index (κ3) is 5.47. The predicted molar refractivity (Wildman–Crippen MR) is 72.9 cm³/mol. The minimum absolute atomic E-state index is 0.358. The van der Waals surface area contributed by atoms with Gasteiger partial charge in [0.05, 0.1) is 5.56 Å². The third-order valence-electron chi connectivity index (χ3n) is 2.78. The van der Waals surface area contributed by atoms with Crippen molar-refractivity contribution >= 4 is 6.08 Å². The average molecular weight is 271 g/mol. The van der Waals surface area contributed by atoms with E-state index in [1.807, 2.05) is 26.8 Å². The summed E-state index contributed by atoms with van der Waals surface area (Å²) in [6, 6.07) is 5.77. The Bertz CT molecular complexity index is 433. The number of hydrogen-bond acceptors (Lipinski definition) is 1. The van der Waals surface area contributed by atoms with E-state index in [1.54, 1.807) is 6.07 Å². The molecule has 1 aromatic rings. The van der Waals surface area contributed by atoms with E-state index >= 15 is 0 Å². The standard InChI is InChI=1S/C15H20F3N/c1-4-12(10-19-11(2)3)8-13-6-5-7-14(9-13)15(16,17)18/h5-9,11,19H,4,10H2,1-3H3. The second-order valence-electron chi connectivity index (χ2n) is 4.81. The summed E-state index contributed by atoms with van der Waals surface area (Å²) in [7, 11) is 0. The Morgan fingerprint density at radius 2 is 2.00 bits per heavy atom. The molecule has 0 radical (unpaired) electrons. The van der Waals surface area contributed by atoms with Crippen LogP contribution in [0.3, 0.4) is 0 Å². The van der Waals surface area contributed by atoms with Crippen LogP contribution < -0.4 is 5.32 Å². The molecule has 0 aliphatic heterocycles. The highest BCUT2D eigenvalue weighted by atomic mass is 19.4. The first-order valence-electron chi connectivity index (χ1n) is 6.43. The summed E-state index contributed by atoms with van der Waals surface area (Å²) in [5, 5.41) is 3.27. The quantitative estimate of drug-likeness (QED) is 0.831. The van der Waals surface area contributed by atoms with Gasteiger partial charge in [-0.1, -0.05) is 44.6 Å². The Morgan fingerprint density at radius 3 is 2.53 bits per heavy atom. The van der Waals surface area contributed by atoms with Crippen molar-refractivity contribution in [2.75, 3.05) is 6.54 Å². The van der Waals surface area contributed by atoms with Crippen LogP contribution in [0.5, 0.6) is 0 Å². The van der Waals surface area contributed by atoms with Gasteiger partial charge < -0.3 is 5.32 Å². The molecule has 4 heteroatoms. The van der Waals surface area contributed by atoms with E-state index in [0.717, 1.165) is 18.1 Å². The second-order valence-corrected chi connectivity index (χ2v) is 4.81. The Hall–Kier alpha value is -1.29. The third-order valence-corrected chi connectivity index (χ3v) is 2.78. The van der Waals surface area contributed by atoms with Gasteiger partial charge in [-0.15, -0.1) is 0 Å². The van der Waals surface area contributed by atoms with E-state index in [2.05, 4.69) is 5.32 Å². The molecule has 0 saturated carbocycles. The van der Waals surface area contributed by atoms with E-state index in [0.29, 0.717) is 18.2 Å². The molecule has 0 aliphatic carbocycles. The molecule has 1 rings (SSSR count). The first kappa shape index (κ1) is 15.8. The lowest BCUT2D eigenvalue weighted by Gasteiger charge is -2.11. The molecule has 0 aliphatic rings. The Labute approximate surface area is 112 Å². The van der Waals surface area contributed by atoms with Crippen molar-refractivity contribution < 1.29 is 13.2 Å². The van der Waals surface area contributed by atoms with Gasteiger partial charge in [0.2, 0.25) is 0 Å². The fraction of sp³-hybridized carbons (Fsp3) is 0.467. The summed E-state index contributed by atoms with van der Waals surface area (Å²) in [5.41, 5.74) is 1.08. The Morgan fingerprint density at radius 1 is 1.32 bits per heavy atom. The molecule has 0 spiro atoms. The fourth-order valence-electron chi connectivity index (χ4n) is 1.65. The summed E-state index contributed by atoms with van der Waals surface area (Å²) in [5.74, 6) is 0. The van der Waals surface area contributed by atoms with Gasteiger partial charge in [-0.05, 0) is 24.1 Å². The maximum Gasteiger partial charge on any atom is 0.416 e. The normalized spacial score (nSPS) is 13.1. The van der Waals surface area contributed by atoms with Gasteiger partial charge in [0.1, 0.15) is 0 Å². The van der Waals surface area contributed by atoms with Crippen molar-refractivity contribution in [3.63, 3.8) is 0 Å². The van der Waals surface area contributed by atoms with Crippen molar-refractivity contribution in [3.05, 3.63) is 41.0 Å². The van der Waals surface area contributed by atoms with Gasteiger partial charge in [-0.2, -0.15) is 13.2 Å². The van der Waals surface area contributed by atoms with Gasteiger partial charge in [0.25, 0.3) is 0 Å². The van der Waals surface area contributed by atoms with Crippen LogP contribution in [0.15, 0.2) is 29.8 Å². The number of halogens is 3. The van der Waals surface area contributed by atoms with Crippen LogP contribution in [-0.4, -0.2) is 12.6 Å². The molecule has 0 amide bonds. The number of rotatable bonds is 5. The van der Waals surface area contributed by atoms with Crippen LogP contribution in [0.2, 0.25) is 0 Å². The van der Waals surface area contributed by atoms with Crippen molar-refractivity contribution in [2.45, 2.75) is 39.4 Å². The summed E-state index contributed by atoms with van der Waals surface area (Å²) in [6.45, 7) is 6.78. The highest BCUT2D eigenvalue weighted by molar-refractivity contribution is 5.54. The van der Waals surface area contributed by atoms with Gasteiger partial charge in [-0.25, -0.2) is 0 Å². The molecule has 0 unspecified atom stereocenters.